The Hall–Kier alpha value is -0.610. The normalized spacial score (nSPS) is 28.7. The quantitative estimate of drug-likeness (QED) is 0.728. The highest BCUT2D eigenvalue weighted by molar-refractivity contribution is 5.82. The molecule has 0 saturated carbocycles. The summed E-state index contributed by atoms with van der Waals surface area (Å²) in [6.45, 7) is 10.2. The van der Waals surface area contributed by atoms with Gasteiger partial charge in [0.05, 0.1) is 6.04 Å². The van der Waals surface area contributed by atoms with Crippen molar-refractivity contribution in [2.24, 2.45) is 5.92 Å². The van der Waals surface area contributed by atoms with Gasteiger partial charge in [0.1, 0.15) is 0 Å². The number of nitrogens with zero attached hydrogens (tertiary/aromatic N) is 1. The van der Waals surface area contributed by atoms with E-state index in [0.29, 0.717) is 12.3 Å². The molecule has 0 aromatic rings. The molecule has 1 saturated heterocycles. The lowest BCUT2D eigenvalue weighted by Gasteiger charge is -2.40. The fraction of sp³-hybridized carbons (Fsp3) is 0.917. The Balaban J connectivity index is 2.90. The molecule has 0 aromatic heterocycles. The Morgan fingerprint density at radius 1 is 1.50 bits per heavy atom. The van der Waals surface area contributed by atoms with Gasteiger partial charge in [0.2, 0.25) is 5.91 Å². The van der Waals surface area contributed by atoms with E-state index in [1.54, 1.807) is 0 Å². The number of carbonyl (C=O) groups excluding carboxylic acids is 1. The van der Waals surface area contributed by atoms with E-state index in [0.717, 1.165) is 13.1 Å². The first-order valence-electron chi connectivity index (χ1n) is 6.01. The largest absolute Gasteiger partial charge is 0.396 e. The molecular weight excluding hydrogens is 204 g/mol. The maximum Gasteiger partial charge on any atom is 0.237 e. The summed E-state index contributed by atoms with van der Waals surface area (Å²) >= 11 is 0. The lowest BCUT2D eigenvalue weighted by molar-refractivity contribution is -0.128. The van der Waals surface area contributed by atoms with Gasteiger partial charge in [0.15, 0.2) is 0 Å². The number of rotatable bonds is 2. The average Bonchev–Trinajstić information content (AvgIpc) is 2.30. The van der Waals surface area contributed by atoms with Crippen LogP contribution in [-0.2, 0) is 4.79 Å². The van der Waals surface area contributed by atoms with Crippen LogP contribution in [0, 0.1) is 5.92 Å². The lowest BCUT2D eigenvalue weighted by atomic mass is 9.99. The Labute approximate surface area is 98.0 Å². The fourth-order valence-corrected chi connectivity index (χ4v) is 2.21. The molecule has 2 N–H and O–H groups in total. The highest BCUT2D eigenvalue weighted by atomic mass is 16.3. The molecule has 1 fully saturated rings. The van der Waals surface area contributed by atoms with Crippen LogP contribution in [-0.4, -0.2) is 47.2 Å². The van der Waals surface area contributed by atoms with Crippen LogP contribution in [0.15, 0.2) is 0 Å². The molecule has 1 heterocycles. The molecule has 2 atom stereocenters. The highest BCUT2D eigenvalue weighted by Crippen LogP contribution is 2.22. The molecular formula is C12H24N2O2. The second kappa shape index (κ2) is 5.15. The summed E-state index contributed by atoms with van der Waals surface area (Å²) in [4.78, 5) is 14.1. The van der Waals surface area contributed by atoms with E-state index < -0.39 is 0 Å². The first kappa shape index (κ1) is 13.5. The van der Waals surface area contributed by atoms with Gasteiger partial charge in [0.25, 0.3) is 0 Å². The van der Waals surface area contributed by atoms with Gasteiger partial charge in [-0.25, -0.2) is 0 Å². The van der Waals surface area contributed by atoms with Crippen LogP contribution in [0.4, 0.5) is 0 Å². The number of aliphatic hydroxyl groups excluding tert-OH is 1. The molecule has 0 radical (unpaired) electrons. The van der Waals surface area contributed by atoms with Crippen molar-refractivity contribution < 1.29 is 9.90 Å². The summed E-state index contributed by atoms with van der Waals surface area (Å²) in [5, 5.41) is 12.0. The van der Waals surface area contributed by atoms with Crippen LogP contribution < -0.4 is 5.32 Å². The zero-order valence-electron chi connectivity index (χ0n) is 10.8. The molecule has 2 unspecified atom stereocenters. The van der Waals surface area contributed by atoms with Crippen molar-refractivity contribution in [1.29, 1.82) is 0 Å². The van der Waals surface area contributed by atoms with Gasteiger partial charge >= 0.3 is 0 Å². The van der Waals surface area contributed by atoms with Gasteiger partial charge in [-0.1, -0.05) is 6.92 Å². The standard InChI is InChI=1S/C12H24N2O2/c1-9-7-13-11(16)10(5-6-15)14(8-9)12(2,3)4/h9-10,15H,5-8H2,1-4H3,(H,13,16). The van der Waals surface area contributed by atoms with Gasteiger partial charge in [-0.05, 0) is 33.1 Å². The number of hydrogen-bond donors (Lipinski definition) is 2. The van der Waals surface area contributed by atoms with Crippen molar-refractivity contribution in [3.8, 4) is 0 Å². The predicted octanol–water partition coefficient (Wildman–Crippen LogP) is 0.604. The lowest BCUT2D eigenvalue weighted by Crippen LogP contribution is -2.53. The Morgan fingerprint density at radius 2 is 2.12 bits per heavy atom. The predicted molar refractivity (Wildman–Crippen MR) is 64.1 cm³/mol. The Kier molecular flexibility index (Phi) is 4.33. The van der Waals surface area contributed by atoms with E-state index in [1.807, 2.05) is 0 Å². The molecule has 0 bridgehead atoms. The van der Waals surface area contributed by atoms with Gasteiger partial charge in [0, 0.05) is 25.2 Å². The van der Waals surface area contributed by atoms with Crippen molar-refractivity contribution >= 4 is 5.91 Å². The zero-order valence-corrected chi connectivity index (χ0v) is 10.8. The van der Waals surface area contributed by atoms with Crippen LogP contribution in [0.2, 0.25) is 0 Å². The molecule has 0 aromatic carbocycles. The zero-order chi connectivity index (χ0) is 12.3. The average molecular weight is 228 g/mol. The first-order valence-corrected chi connectivity index (χ1v) is 6.01. The monoisotopic (exact) mass is 228 g/mol. The van der Waals surface area contributed by atoms with E-state index in [-0.39, 0.29) is 24.1 Å². The molecule has 0 aliphatic carbocycles. The van der Waals surface area contributed by atoms with Gasteiger partial charge in [-0.15, -0.1) is 0 Å². The van der Waals surface area contributed by atoms with Crippen LogP contribution in [0.1, 0.15) is 34.1 Å². The molecule has 1 rings (SSSR count). The highest BCUT2D eigenvalue weighted by Gasteiger charge is 2.36. The number of nitrogens with one attached hydrogen (secondary N) is 1. The van der Waals surface area contributed by atoms with E-state index >= 15 is 0 Å². The minimum atomic E-state index is -0.199. The number of amides is 1. The van der Waals surface area contributed by atoms with Crippen molar-refractivity contribution in [2.75, 3.05) is 19.7 Å². The number of hydrogen-bond acceptors (Lipinski definition) is 3. The second-order valence-electron chi connectivity index (χ2n) is 5.70. The molecule has 4 heteroatoms. The van der Waals surface area contributed by atoms with Crippen molar-refractivity contribution in [3.63, 3.8) is 0 Å². The van der Waals surface area contributed by atoms with Crippen molar-refractivity contribution in [3.05, 3.63) is 0 Å². The minimum Gasteiger partial charge on any atom is -0.396 e. The number of aliphatic hydroxyl groups is 1. The molecule has 1 aliphatic rings. The van der Waals surface area contributed by atoms with Crippen LogP contribution in [0.3, 0.4) is 0 Å². The topological polar surface area (TPSA) is 52.6 Å². The smallest absolute Gasteiger partial charge is 0.237 e. The summed E-state index contributed by atoms with van der Waals surface area (Å²) in [7, 11) is 0. The molecule has 94 valence electrons. The maximum absolute atomic E-state index is 11.9. The van der Waals surface area contributed by atoms with Crippen LogP contribution in [0.5, 0.6) is 0 Å². The van der Waals surface area contributed by atoms with E-state index in [2.05, 4.69) is 37.9 Å². The van der Waals surface area contributed by atoms with Gasteiger partial charge < -0.3 is 10.4 Å². The van der Waals surface area contributed by atoms with Gasteiger partial charge in [-0.3, -0.25) is 9.69 Å². The third-order valence-corrected chi connectivity index (χ3v) is 3.08. The second-order valence-corrected chi connectivity index (χ2v) is 5.70. The third kappa shape index (κ3) is 3.19. The van der Waals surface area contributed by atoms with Crippen LogP contribution in [0.25, 0.3) is 0 Å². The van der Waals surface area contributed by atoms with E-state index in [1.165, 1.54) is 0 Å². The summed E-state index contributed by atoms with van der Waals surface area (Å²) in [6.07, 6.45) is 0.510. The fourth-order valence-electron chi connectivity index (χ4n) is 2.21. The Morgan fingerprint density at radius 3 is 2.62 bits per heavy atom. The van der Waals surface area contributed by atoms with E-state index in [4.69, 9.17) is 5.11 Å². The molecule has 1 aliphatic heterocycles. The van der Waals surface area contributed by atoms with Crippen LogP contribution >= 0.6 is 0 Å². The van der Waals surface area contributed by atoms with Crippen molar-refractivity contribution in [2.45, 2.75) is 45.7 Å². The Bertz CT molecular complexity index is 248. The molecule has 4 nitrogen and oxygen atoms in total. The molecule has 0 spiro atoms. The van der Waals surface area contributed by atoms with E-state index in [9.17, 15) is 4.79 Å². The molecule has 1 amide bonds. The first-order chi connectivity index (χ1) is 7.36. The third-order valence-electron chi connectivity index (χ3n) is 3.08. The number of carbonyl (C=O) groups is 1. The minimum absolute atomic E-state index is 0.0459. The van der Waals surface area contributed by atoms with Gasteiger partial charge in [-0.2, -0.15) is 0 Å². The van der Waals surface area contributed by atoms with Crippen molar-refractivity contribution in [1.82, 2.24) is 10.2 Å². The SMILES string of the molecule is CC1CNC(=O)C(CCO)N(C(C)(C)C)C1. The summed E-state index contributed by atoms with van der Waals surface area (Å²) in [5.41, 5.74) is -0.0459. The molecule has 16 heavy (non-hydrogen) atoms. The maximum atomic E-state index is 11.9. The summed E-state index contributed by atoms with van der Waals surface area (Å²) < 4.78 is 0. The summed E-state index contributed by atoms with van der Waals surface area (Å²) in [5.74, 6) is 0.500. The summed E-state index contributed by atoms with van der Waals surface area (Å²) in [6, 6.07) is -0.199.